The summed E-state index contributed by atoms with van der Waals surface area (Å²) < 4.78 is 34.5. The fourth-order valence-electron chi connectivity index (χ4n) is 4.83. The van der Waals surface area contributed by atoms with Crippen molar-refractivity contribution in [3.8, 4) is 11.3 Å². The number of ether oxygens (including phenoxy) is 1. The number of hydrogen-bond acceptors (Lipinski definition) is 6. The molecule has 1 aromatic carbocycles. The Bertz CT molecular complexity index is 1260. The molecule has 3 aromatic rings. The molecule has 0 saturated carbocycles. The minimum absolute atomic E-state index is 0.0425. The fourth-order valence-corrected chi connectivity index (χ4v) is 4.83. The Hall–Kier alpha value is -3.40. The van der Waals surface area contributed by atoms with Gasteiger partial charge in [-0.05, 0) is 24.8 Å². The van der Waals surface area contributed by atoms with Crippen LogP contribution in [0.2, 0.25) is 0 Å². The minimum Gasteiger partial charge on any atom is -0.376 e. The Morgan fingerprint density at radius 2 is 1.94 bits per heavy atom. The first-order chi connectivity index (χ1) is 17.4. The second kappa shape index (κ2) is 10.3. The number of benzene rings is 1. The number of carbonyl (C=O) groups excluding carboxylic acids is 1. The highest BCUT2D eigenvalue weighted by atomic mass is 19.1. The van der Waals surface area contributed by atoms with Gasteiger partial charge in [0.25, 0.3) is 0 Å². The molecular formula is C26H30F2N6O2. The Kier molecular flexibility index (Phi) is 6.95. The third-order valence-electron chi connectivity index (χ3n) is 6.96. The van der Waals surface area contributed by atoms with E-state index in [-0.39, 0.29) is 12.5 Å². The van der Waals surface area contributed by atoms with Gasteiger partial charge in [0, 0.05) is 70.0 Å². The normalized spacial score (nSPS) is 16.3. The second-order valence-corrected chi connectivity index (χ2v) is 9.56. The molecule has 1 fully saturated rings. The SMILES string of the molecule is CC(=O)N1CCc2nc(N3CCC(COCc4ccc(F)cc4F)CC3)c(-c3cnn(C)c3)nc2C1. The first kappa shape index (κ1) is 24.3. The quantitative estimate of drug-likeness (QED) is 0.520. The fraction of sp³-hybridized carbons (Fsp3) is 0.462. The molecule has 1 amide bonds. The van der Waals surface area contributed by atoms with Crippen molar-refractivity contribution in [3.63, 3.8) is 0 Å². The maximum Gasteiger partial charge on any atom is 0.219 e. The van der Waals surface area contributed by atoms with Crippen LogP contribution in [0.3, 0.4) is 0 Å². The third-order valence-corrected chi connectivity index (χ3v) is 6.96. The van der Waals surface area contributed by atoms with Crippen molar-refractivity contribution in [2.45, 2.75) is 39.3 Å². The van der Waals surface area contributed by atoms with Crippen molar-refractivity contribution in [3.05, 3.63) is 59.2 Å². The van der Waals surface area contributed by atoms with Crippen molar-refractivity contribution in [1.82, 2.24) is 24.6 Å². The molecule has 10 heteroatoms. The molecule has 2 aliphatic heterocycles. The van der Waals surface area contributed by atoms with Gasteiger partial charge in [-0.25, -0.2) is 18.7 Å². The second-order valence-electron chi connectivity index (χ2n) is 9.56. The van der Waals surface area contributed by atoms with Crippen LogP contribution in [-0.2, 0) is 36.2 Å². The van der Waals surface area contributed by atoms with Gasteiger partial charge in [0.1, 0.15) is 17.3 Å². The Morgan fingerprint density at radius 1 is 1.14 bits per heavy atom. The summed E-state index contributed by atoms with van der Waals surface area (Å²) in [6.07, 6.45) is 6.23. The molecule has 0 radical (unpaired) electrons. The summed E-state index contributed by atoms with van der Waals surface area (Å²) in [5.41, 5.74) is 3.84. The predicted molar refractivity (Wildman–Crippen MR) is 130 cm³/mol. The highest BCUT2D eigenvalue weighted by molar-refractivity contribution is 5.74. The summed E-state index contributed by atoms with van der Waals surface area (Å²) in [6.45, 7) is 4.97. The van der Waals surface area contributed by atoms with Crippen LogP contribution < -0.4 is 4.90 Å². The number of anilines is 1. The predicted octanol–water partition coefficient (Wildman–Crippen LogP) is 3.49. The number of amides is 1. The van der Waals surface area contributed by atoms with Crippen LogP contribution in [-0.4, -0.2) is 56.8 Å². The van der Waals surface area contributed by atoms with Gasteiger partial charge in [0.15, 0.2) is 5.82 Å². The maximum atomic E-state index is 13.9. The van der Waals surface area contributed by atoms with E-state index in [9.17, 15) is 13.6 Å². The molecule has 0 unspecified atom stereocenters. The van der Waals surface area contributed by atoms with Gasteiger partial charge in [0.2, 0.25) is 5.91 Å². The molecule has 0 bridgehead atoms. The molecule has 2 aliphatic rings. The molecular weight excluding hydrogens is 466 g/mol. The standard InChI is InChI=1S/C26H30F2N6O2/c1-17(35)34-10-7-23-24(14-34)30-25(20-12-29-32(2)13-20)26(31-23)33-8-5-18(6-9-33)15-36-16-19-3-4-21(27)11-22(19)28/h3-4,11-13,18H,5-10,14-16H2,1-2H3. The molecule has 0 spiro atoms. The molecule has 2 aromatic heterocycles. The summed E-state index contributed by atoms with van der Waals surface area (Å²) >= 11 is 0. The van der Waals surface area contributed by atoms with E-state index in [2.05, 4.69) is 10.00 Å². The lowest BCUT2D eigenvalue weighted by molar-refractivity contribution is -0.129. The molecule has 0 N–H and O–H groups in total. The minimum atomic E-state index is -0.587. The highest BCUT2D eigenvalue weighted by Crippen LogP contribution is 2.33. The van der Waals surface area contributed by atoms with Crippen molar-refractivity contribution in [1.29, 1.82) is 0 Å². The van der Waals surface area contributed by atoms with Crippen LogP contribution in [0.15, 0.2) is 30.6 Å². The van der Waals surface area contributed by atoms with Crippen molar-refractivity contribution in [2.24, 2.45) is 13.0 Å². The van der Waals surface area contributed by atoms with Crippen LogP contribution in [0, 0.1) is 17.6 Å². The Morgan fingerprint density at radius 3 is 2.64 bits per heavy atom. The van der Waals surface area contributed by atoms with Gasteiger partial charge in [-0.2, -0.15) is 5.10 Å². The Labute approximate surface area is 208 Å². The van der Waals surface area contributed by atoms with E-state index < -0.39 is 11.6 Å². The van der Waals surface area contributed by atoms with E-state index >= 15 is 0 Å². The lowest BCUT2D eigenvalue weighted by atomic mass is 9.97. The van der Waals surface area contributed by atoms with E-state index in [4.69, 9.17) is 14.7 Å². The molecule has 8 nitrogen and oxygen atoms in total. The van der Waals surface area contributed by atoms with Gasteiger partial charge in [-0.15, -0.1) is 0 Å². The summed E-state index contributed by atoms with van der Waals surface area (Å²) in [5, 5.41) is 4.32. The summed E-state index contributed by atoms with van der Waals surface area (Å²) in [7, 11) is 1.87. The largest absolute Gasteiger partial charge is 0.376 e. The molecule has 0 atom stereocenters. The van der Waals surface area contributed by atoms with Gasteiger partial charge in [-0.1, -0.05) is 6.07 Å². The number of aryl methyl sites for hydroxylation is 1. The van der Waals surface area contributed by atoms with Crippen LogP contribution in [0.25, 0.3) is 11.3 Å². The number of fused-ring (bicyclic) bond motifs is 1. The number of carbonyl (C=O) groups is 1. The molecule has 190 valence electrons. The average Bonchev–Trinajstić information content (AvgIpc) is 3.30. The van der Waals surface area contributed by atoms with Crippen LogP contribution in [0.5, 0.6) is 0 Å². The van der Waals surface area contributed by atoms with Crippen molar-refractivity contribution < 1.29 is 18.3 Å². The number of hydrogen-bond donors (Lipinski definition) is 0. The van der Waals surface area contributed by atoms with Crippen LogP contribution >= 0.6 is 0 Å². The number of halogens is 2. The van der Waals surface area contributed by atoms with Gasteiger partial charge < -0.3 is 14.5 Å². The summed E-state index contributed by atoms with van der Waals surface area (Å²) in [4.78, 5) is 26.0. The van der Waals surface area contributed by atoms with Crippen molar-refractivity contribution in [2.75, 3.05) is 31.1 Å². The smallest absolute Gasteiger partial charge is 0.219 e. The number of nitrogens with zero attached hydrogens (tertiary/aromatic N) is 6. The number of rotatable bonds is 6. The topological polar surface area (TPSA) is 76.4 Å². The van der Waals surface area contributed by atoms with Crippen molar-refractivity contribution >= 4 is 11.7 Å². The average molecular weight is 497 g/mol. The maximum absolute atomic E-state index is 13.9. The molecule has 36 heavy (non-hydrogen) atoms. The monoisotopic (exact) mass is 496 g/mol. The first-order valence-electron chi connectivity index (χ1n) is 12.3. The molecule has 4 heterocycles. The molecule has 0 aliphatic carbocycles. The zero-order chi connectivity index (χ0) is 25.2. The van der Waals surface area contributed by atoms with E-state index in [1.165, 1.54) is 12.1 Å². The molecule has 1 saturated heterocycles. The van der Waals surface area contributed by atoms with Gasteiger partial charge in [-0.3, -0.25) is 9.48 Å². The van der Waals surface area contributed by atoms with Crippen LogP contribution in [0.1, 0.15) is 36.7 Å². The first-order valence-corrected chi connectivity index (χ1v) is 12.3. The lowest BCUT2D eigenvalue weighted by Crippen LogP contribution is -2.38. The van der Waals surface area contributed by atoms with Gasteiger partial charge in [0.05, 0.1) is 30.7 Å². The zero-order valence-electron chi connectivity index (χ0n) is 20.6. The van der Waals surface area contributed by atoms with E-state index in [0.717, 1.165) is 60.5 Å². The van der Waals surface area contributed by atoms with E-state index in [0.29, 0.717) is 37.6 Å². The Balaban J connectivity index is 1.27. The summed E-state index contributed by atoms with van der Waals surface area (Å²) in [5.74, 6) is 0.0777. The van der Waals surface area contributed by atoms with Gasteiger partial charge >= 0.3 is 0 Å². The summed E-state index contributed by atoms with van der Waals surface area (Å²) in [6, 6.07) is 3.56. The zero-order valence-corrected chi connectivity index (χ0v) is 20.6. The van der Waals surface area contributed by atoms with E-state index in [1.54, 1.807) is 22.7 Å². The lowest BCUT2D eigenvalue weighted by Gasteiger charge is -2.35. The number of piperidine rings is 1. The number of aromatic nitrogens is 4. The van der Waals surface area contributed by atoms with Crippen LogP contribution in [0.4, 0.5) is 14.6 Å². The molecule has 5 rings (SSSR count). The third kappa shape index (κ3) is 5.23. The van der Waals surface area contributed by atoms with E-state index in [1.807, 2.05) is 13.2 Å². The highest BCUT2D eigenvalue weighted by Gasteiger charge is 2.28.